The van der Waals surface area contributed by atoms with Gasteiger partial charge in [0.15, 0.2) is 12.4 Å². The lowest BCUT2D eigenvalue weighted by Gasteiger charge is -2.59. The molecule has 4 rings (SSSR count). The Balaban J connectivity index is 1.35. The second-order valence-electron chi connectivity index (χ2n) is 12.6. The fourth-order valence-corrected chi connectivity index (χ4v) is 8.13. The summed E-state index contributed by atoms with van der Waals surface area (Å²) in [6.45, 7) is 3.13. The largest absolute Gasteiger partial charge is 0.481 e. The predicted molar refractivity (Wildman–Crippen MR) is 145 cm³/mol. The van der Waals surface area contributed by atoms with Crippen LogP contribution in [0.4, 0.5) is 0 Å². The summed E-state index contributed by atoms with van der Waals surface area (Å²) in [6.07, 6.45) is 4.91. The van der Waals surface area contributed by atoms with E-state index >= 15 is 0 Å². The van der Waals surface area contributed by atoms with Gasteiger partial charge in [-0.05, 0) is 62.5 Å². The highest BCUT2D eigenvalue weighted by Crippen LogP contribution is 2.67. The SMILES string of the molecule is C[C@]12C=CC(=O)C=C1CC[C@H]1[C@H]2[C@@H](O)C[C@@]2(C)[C@H]1CC[C@]2(O)C(=O)COC(=O)CCC(=O)N[C@@H](CCC(=O)O)C(=O)O. The van der Waals surface area contributed by atoms with Gasteiger partial charge in [-0.1, -0.05) is 25.5 Å². The minimum Gasteiger partial charge on any atom is -0.481 e. The van der Waals surface area contributed by atoms with E-state index in [0.717, 1.165) is 12.0 Å². The number of Topliss-reactive ketones (excluding diaryl/α,β-unsaturated/α-hetero) is 1. The predicted octanol–water partition coefficient (Wildman–Crippen LogP) is 1.32. The van der Waals surface area contributed by atoms with Crippen LogP contribution in [-0.2, 0) is 33.5 Å². The van der Waals surface area contributed by atoms with E-state index in [-0.39, 0.29) is 42.8 Å². The number of carboxylic acid groups (broad SMARTS) is 2. The zero-order valence-electron chi connectivity index (χ0n) is 23.8. The molecule has 1 amide bonds. The molecule has 0 heterocycles. The van der Waals surface area contributed by atoms with Crippen molar-refractivity contribution >= 4 is 35.4 Å². The molecule has 4 aliphatic carbocycles. The first-order valence-corrected chi connectivity index (χ1v) is 14.4. The summed E-state index contributed by atoms with van der Waals surface area (Å²) in [5.41, 5.74) is -2.26. The summed E-state index contributed by atoms with van der Waals surface area (Å²) in [7, 11) is 0. The average Bonchev–Trinajstić information content (AvgIpc) is 3.19. The normalized spacial score (nSPS) is 35.6. The lowest BCUT2D eigenvalue weighted by atomic mass is 9.46. The zero-order chi connectivity index (χ0) is 31.0. The highest BCUT2D eigenvalue weighted by atomic mass is 16.5. The van der Waals surface area contributed by atoms with Crippen LogP contribution in [0.25, 0.3) is 0 Å². The second kappa shape index (κ2) is 11.7. The molecule has 4 aliphatic rings. The highest BCUT2D eigenvalue weighted by molar-refractivity contribution is 6.01. The van der Waals surface area contributed by atoms with Gasteiger partial charge < -0.3 is 30.5 Å². The molecule has 0 unspecified atom stereocenters. The Bertz CT molecular complexity index is 1240. The molecule has 0 radical (unpaired) electrons. The number of carbonyl (C=O) groups is 6. The molecule has 230 valence electrons. The number of allylic oxidation sites excluding steroid dienone is 4. The maximum absolute atomic E-state index is 13.4. The number of aliphatic carboxylic acids is 2. The number of carboxylic acids is 2. The van der Waals surface area contributed by atoms with Crippen LogP contribution >= 0.6 is 0 Å². The first-order chi connectivity index (χ1) is 19.6. The van der Waals surface area contributed by atoms with E-state index in [0.29, 0.717) is 12.8 Å². The zero-order valence-corrected chi connectivity index (χ0v) is 23.8. The lowest BCUT2D eigenvalue weighted by Crippen LogP contribution is -2.61. The molecular formula is C30H39NO11. The molecule has 0 spiro atoms. The number of amides is 1. The Kier molecular flexibility index (Phi) is 8.80. The standard InChI is InChI=1S/C30H39NO11/c1-28-11-9-17(32)13-16(28)3-4-18-19-10-12-30(41,29(19,2)14-21(33)26(18)28)22(34)15-42-25(38)8-6-23(35)31-20(27(39)40)5-7-24(36)37/h9,11,13,18-21,26,33,41H,3-8,10,12,14-15H2,1-2H3,(H,31,35)(H,36,37)(H,39,40)/t18-,19+,20+,21+,26+,28+,29+,30+/m1/s1. The van der Waals surface area contributed by atoms with Crippen LogP contribution in [0.5, 0.6) is 0 Å². The van der Waals surface area contributed by atoms with E-state index in [1.54, 1.807) is 12.2 Å². The highest BCUT2D eigenvalue weighted by Gasteiger charge is 2.68. The number of carbonyl (C=O) groups excluding carboxylic acids is 4. The summed E-state index contributed by atoms with van der Waals surface area (Å²) in [4.78, 5) is 71.7. The smallest absolute Gasteiger partial charge is 0.326 e. The maximum atomic E-state index is 13.4. The van der Waals surface area contributed by atoms with Gasteiger partial charge in [0.2, 0.25) is 11.7 Å². The van der Waals surface area contributed by atoms with Crippen LogP contribution in [0, 0.1) is 28.6 Å². The van der Waals surface area contributed by atoms with Crippen molar-refractivity contribution in [3.8, 4) is 0 Å². The number of esters is 1. The summed E-state index contributed by atoms with van der Waals surface area (Å²) in [5.74, 6) is -5.24. The minimum atomic E-state index is -1.82. The molecule has 5 N–H and O–H groups in total. The lowest BCUT2D eigenvalue weighted by molar-refractivity contribution is -0.181. The van der Waals surface area contributed by atoms with Gasteiger partial charge in [-0.3, -0.25) is 24.0 Å². The third kappa shape index (κ3) is 5.66. The van der Waals surface area contributed by atoms with Crippen LogP contribution in [0.1, 0.15) is 71.6 Å². The fraction of sp³-hybridized carbons (Fsp3) is 0.667. The van der Waals surface area contributed by atoms with Crippen molar-refractivity contribution < 1.29 is 53.9 Å². The Hall–Kier alpha value is -3.38. The Labute approximate surface area is 243 Å². The molecule has 8 atom stereocenters. The summed E-state index contributed by atoms with van der Waals surface area (Å²) >= 11 is 0. The van der Waals surface area contributed by atoms with E-state index in [9.17, 15) is 39.0 Å². The molecule has 0 aromatic heterocycles. The summed E-state index contributed by atoms with van der Waals surface area (Å²) < 4.78 is 5.08. The topological polar surface area (TPSA) is 205 Å². The van der Waals surface area contributed by atoms with Crippen molar-refractivity contribution in [2.75, 3.05) is 6.61 Å². The van der Waals surface area contributed by atoms with Crippen LogP contribution in [0.2, 0.25) is 0 Å². The molecule has 3 fully saturated rings. The molecule has 3 saturated carbocycles. The van der Waals surface area contributed by atoms with Gasteiger partial charge in [0, 0.05) is 29.6 Å². The van der Waals surface area contributed by atoms with E-state index in [1.807, 2.05) is 19.9 Å². The van der Waals surface area contributed by atoms with Gasteiger partial charge in [0.25, 0.3) is 0 Å². The quantitative estimate of drug-likeness (QED) is 0.217. The number of fused-ring (bicyclic) bond motifs is 5. The van der Waals surface area contributed by atoms with Crippen molar-refractivity contribution in [2.24, 2.45) is 28.6 Å². The van der Waals surface area contributed by atoms with Crippen LogP contribution in [-0.4, -0.2) is 80.2 Å². The van der Waals surface area contributed by atoms with E-state index in [4.69, 9.17) is 14.9 Å². The van der Waals surface area contributed by atoms with E-state index in [1.165, 1.54) is 0 Å². The number of hydrogen-bond acceptors (Lipinski definition) is 9. The van der Waals surface area contributed by atoms with Crippen molar-refractivity contribution in [3.05, 3.63) is 23.8 Å². The molecule has 12 nitrogen and oxygen atoms in total. The van der Waals surface area contributed by atoms with Gasteiger partial charge in [-0.2, -0.15) is 0 Å². The fourth-order valence-electron chi connectivity index (χ4n) is 8.13. The van der Waals surface area contributed by atoms with Crippen molar-refractivity contribution in [2.45, 2.75) is 89.4 Å². The summed E-state index contributed by atoms with van der Waals surface area (Å²) in [5, 5.41) is 43.2. The van der Waals surface area contributed by atoms with Crippen molar-refractivity contribution in [1.29, 1.82) is 0 Å². The molecule has 0 aromatic carbocycles. The molecule has 0 aliphatic heterocycles. The van der Waals surface area contributed by atoms with Gasteiger partial charge >= 0.3 is 17.9 Å². The maximum Gasteiger partial charge on any atom is 0.326 e. The third-order valence-electron chi connectivity index (χ3n) is 10.3. The Morgan fingerprint density at radius 1 is 1.10 bits per heavy atom. The monoisotopic (exact) mass is 589 g/mol. The van der Waals surface area contributed by atoms with Crippen LogP contribution in [0.3, 0.4) is 0 Å². The Morgan fingerprint density at radius 3 is 2.48 bits per heavy atom. The van der Waals surface area contributed by atoms with Crippen molar-refractivity contribution in [3.63, 3.8) is 0 Å². The number of rotatable bonds is 11. The Morgan fingerprint density at radius 2 is 1.81 bits per heavy atom. The second-order valence-corrected chi connectivity index (χ2v) is 12.6. The number of ketones is 2. The van der Waals surface area contributed by atoms with Gasteiger partial charge in [-0.25, -0.2) is 4.79 Å². The number of aliphatic hydroxyl groups excluding tert-OH is 1. The summed E-state index contributed by atoms with van der Waals surface area (Å²) in [6, 6.07) is -1.42. The van der Waals surface area contributed by atoms with E-state index < -0.39 is 84.0 Å². The van der Waals surface area contributed by atoms with Gasteiger partial charge in [-0.15, -0.1) is 0 Å². The van der Waals surface area contributed by atoms with Crippen molar-refractivity contribution in [1.82, 2.24) is 5.32 Å². The molecule has 0 bridgehead atoms. The van der Waals surface area contributed by atoms with Crippen LogP contribution < -0.4 is 5.32 Å². The number of aliphatic hydroxyl groups is 2. The first-order valence-electron chi connectivity index (χ1n) is 14.4. The van der Waals surface area contributed by atoms with Gasteiger partial charge in [0.1, 0.15) is 11.6 Å². The molecule has 42 heavy (non-hydrogen) atoms. The number of nitrogens with one attached hydrogen (secondary N) is 1. The number of hydrogen-bond donors (Lipinski definition) is 5. The third-order valence-corrected chi connectivity index (χ3v) is 10.3. The number of ether oxygens (including phenoxy) is 1. The van der Waals surface area contributed by atoms with E-state index in [2.05, 4.69) is 5.32 Å². The molecule has 0 aromatic rings. The molecule has 12 heteroatoms. The molecule has 0 saturated heterocycles. The van der Waals surface area contributed by atoms with Gasteiger partial charge in [0.05, 0.1) is 12.5 Å². The average molecular weight is 590 g/mol. The van der Waals surface area contributed by atoms with Crippen LogP contribution in [0.15, 0.2) is 23.8 Å². The first kappa shape index (κ1) is 31.6. The molecular weight excluding hydrogens is 550 g/mol. The minimum absolute atomic E-state index is 0.0202.